The lowest BCUT2D eigenvalue weighted by atomic mass is 10.2. The summed E-state index contributed by atoms with van der Waals surface area (Å²) >= 11 is 1.40. The van der Waals surface area contributed by atoms with E-state index in [0.29, 0.717) is 10.9 Å². The zero-order chi connectivity index (χ0) is 19.7. The SMILES string of the molecule is Cc1ccc(Nc2ncnc(Nc3nc4ccc(C)cc4s3)c2[N+](=O)[O-])nc1. The Morgan fingerprint density at radius 3 is 2.46 bits per heavy atom. The number of aryl methyl sites for hydroxylation is 2. The van der Waals surface area contributed by atoms with E-state index in [-0.39, 0.29) is 17.3 Å². The zero-order valence-electron chi connectivity index (χ0n) is 15.0. The van der Waals surface area contributed by atoms with Crippen molar-refractivity contribution in [3.05, 3.63) is 64.1 Å². The number of benzene rings is 1. The molecule has 10 heteroatoms. The van der Waals surface area contributed by atoms with Gasteiger partial charge in [-0.3, -0.25) is 10.1 Å². The fraction of sp³-hybridized carbons (Fsp3) is 0.111. The van der Waals surface area contributed by atoms with Crippen LogP contribution in [0.25, 0.3) is 10.2 Å². The van der Waals surface area contributed by atoms with Crippen molar-refractivity contribution in [2.75, 3.05) is 10.6 Å². The zero-order valence-corrected chi connectivity index (χ0v) is 15.8. The van der Waals surface area contributed by atoms with Gasteiger partial charge in [0.2, 0.25) is 11.6 Å². The van der Waals surface area contributed by atoms with E-state index in [1.807, 2.05) is 38.1 Å². The maximum Gasteiger partial charge on any atom is 0.354 e. The molecule has 0 spiro atoms. The number of nitro groups is 1. The highest BCUT2D eigenvalue weighted by Gasteiger charge is 2.24. The van der Waals surface area contributed by atoms with Crippen molar-refractivity contribution in [1.29, 1.82) is 0 Å². The van der Waals surface area contributed by atoms with Gasteiger partial charge in [0.15, 0.2) is 5.13 Å². The molecule has 4 aromatic rings. The summed E-state index contributed by atoms with van der Waals surface area (Å²) in [5, 5.41) is 18.1. The van der Waals surface area contributed by atoms with Gasteiger partial charge in [0, 0.05) is 6.20 Å². The van der Waals surface area contributed by atoms with E-state index < -0.39 is 4.92 Å². The first-order chi connectivity index (χ1) is 13.5. The average Bonchev–Trinajstić information content (AvgIpc) is 3.05. The van der Waals surface area contributed by atoms with E-state index in [2.05, 4.69) is 30.6 Å². The molecule has 0 amide bonds. The highest BCUT2D eigenvalue weighted by Crippen LogP contribution is 2.35. The fourth-order valence-corrected chi connectivity index (χ4v) is 3.55. The van der Waals surface area contributed by atoms with Crippen LogP contribution in [0.3, 0.4) is 0 Å². The number of pyridine rings is 1. The lowest BCUT2D eigenvalue weighted by molar-refractivity contribution is -0.383. The van der Waals surface area contributed by atoms with Crippen molar-refractivity contribution in [1.82, 2.24) is 19.9 Å². The van der Waals surface area contributed by atoms with Crippen molar-refractivity contribution < 1.29 is 4.92 Å². The van der Waals surface area contributed by atoms with Gasteiger partial charge in [0.25, 0.3) is 0 Å². The van der Waals surface area contributed by atoms with Gasteiger partial charge in [-0.2, -0.15) is 0 Å². The average molecular weight is 393 g/mol. The van der Waals surface area contributed by atoms with Crippen LogP contribution in [-0.4, -0.2) is 24.9 Å². The second-order valence-electron chi connectivity index (χ2n) is 6.14. The lowest BCUT2D eigenvalue weighted by Gasteiger charge is -2.08. The molecule has 0 saturated heterocycles. The summed E-state index contributed by atoms with van der Waals surface area (Å²) in [6.45, 7) is 3.91. The molecule has 3 heterocycles. The van der Waals surface area contributed by atoms with Crippen LogP contribution < -0.4 is 10.6 Å². The van der Waals surface area contributed by atoms with Crippen LogP contribution in [0, 0.1) is 24.0 Å². The quantitative estimate of drug-likeness (QED) is 0.376. The fourth-order valence-electron chi connectivity index (χ4n) is 2.58. The molecule has 0 radical (unpaired) electrons. The molecule has 4 rings (SSSR count). The Balaban J connectivity index is 1.69. The maximum atomic E-state index is 11.7. The molecule has 0 saturated carbocycles. The Labute approximate surface area is 163 Å². The van der Waals surface area contributed by atoms with Gasteiger partial charge in [-0.05, 0) is 43.2 Å². The summed E-state index contributed by atoms with van der Waals surface area (Å²) in [6, 6.07) is 9.48. The molecule has 0 aliphatic heterocycles. The smallest absolute Gasteiger partial charge is 0.319 e. The second kappa shape index (κ2) is 7.16. The molecule has 0 fully saturated rings. The molecule has 0 bridgehead atoms. The van der Waals surface area contributed by atoms with Gasteiger partial charge >= 0.3 is 5.69 Å². The first-order valence-corrected chi connectivity index (χ1v) is 9.14. The van der Waals surface area contributed by atoms with Crippen molar-refractivity contribution in [2.24, 2.45) is 0 Å². The third kappa shape index (κ3) is 3.58. The Kier molecular flexibility index (Phi) is 4.53. The van der Waals surface area contributed by atoms with E-state index in [4.69, 9.17) is 0 Å². The van der Waals surface area contributed by atoms with E-state index in [1.165, 1.54) is 17.7 Å². The summed E-state index contributed by atoms with van der Waals surface area (Å²) in [5.41, 5.74) is 2.64. The number of hydrogen-bond donors (Lipinski definition) is 2. The molecule has 2 N–H and O–H groups in total. The molecule has 0 aliphatic carbocycles. The van der Waals surface area contributed by atoms with Crippen LogP contribution >= 0.6 is 11.3 Å². The maximum absolute atomic E-state index is 11.7. The van der Waals surface area contributed by atoms with E-state index in [0.717, 1.165) is 21.3 Å². The van der Waals surface area contributed by atoms with Gasteiger partial charge in [-0.25, -0.2) is 19.9 Å². The van der Waals surface area contributed by atoms with Crippen molar-refractivity contribution in [2.45, 2.75) is 13.8 Å². The molecule has 140 valence electrons. The third-order valence-electron chi connectivity index (χ3n) is 3.93. The summed E-state index contributed by atoms with van der Waals surface area (Å²) in [4.78, 5) is 27.9. The third-order valence-corrected chi connectivity index (χ3v) is 4.87. The number of anilines is 4. The monoisotopic (exact) mass is 393 g/mol. The largest absolute Gasteiger partial charge is 0.354 e. The topological polar surface area (TPSA) is 119 Å². The molecule has 1 aromatic carbocycles. The Morgan fingerprint density at radius 1 is 1.00 bits per heavy atom. The molecule has 3 aromatic heterocycles. The number of thiazole rings is 1. The minimum atomic E-state index is -0.531. The van der Waals surface area contributed by atoms with Gasteiger partial charge < -0.3 is 10.6 Å². The summed E-state index contributed by atoms with van der Waals surface area (Å²) < 4.78 is 0.987. The highest BCUT2D eigenvalue weighted by molar-refractivity contribution is 7.22. The van der Waals surface area contributed by atoms with E-state index in [1.54, 1.807) is 12.3 Å². The number of aromatic nitrogens is 4. The normalized spacial score (nSPS) is 10.8. The second-order valence-corrected chi connectivity index (χ2v) is 7.17. The van der Waals surface area contributed by atoms with Gasteiger partial charge in [0.05, 0.1) is 15.1 Å². The van der Waals surface area contributed by atoms with Gasteiger partial charge in [0.1, 0.15) is 12.1 Å². The van der Waals surface area contributed by atoms with Crippen molar-refractivity contribution in [3.63, 3.8) is 0 Å². The van der Waals surface area contributed by atoms with Crippen LogP contribution in [-0.2, 0) is 0 Å². The highest BCUT2D eigenvalue weighted by atomic mass is 32.1. The minimum absolute atomic E-state index is 0.0517. The number of nitrogens with one attached hydrogen (secondary N) is 2. The predicted molar refractivity (Wildman–Crippen MR) is 109 cm³/mol. The van der Waals surface area contributed by atoms with Crippen molar-refractivity contribution >= 4 is 49.8 Å². The Morgan fingerprint density at radius 2 is 1.75 bits per heavy atom. The molecule has 0 unspecified atom stereocenters. The molecule has 9 nitrogen and oxygen atoms in total. The molecule has 0 atom stereocenters. The van der Waals surface area contributed by atoms with Crippen molar-refractivity contribution in [3.8, 4) is 0 Å². The van der Waals surface area contributed by atoms with Crippen LogP contribution in [0.2, 0.25) is 0 Å². The summed E-state index contributed by atoms with van der Waals surface area (Å²) in [6.07, 6.45) is 2.92. The summed E-state index contributed by atoms with van der Waals surface area (Å²) in [7, 11) is 0. The number of fused-ring (bicyclic) bond motifs is 1. The van der Waals surface area contributed by atoms with Gasteiger partial charge in [-0.1, -0.05) is 23.5 Å². The van der Waals surface area contributed by atoms with Crippen LogP contribution in [0.15, 0.2) is 42.9 Å². The Bertz CT molecular complexity index is 1170. The lowest BCUT2D eigenvalue weighted by Crippen LogP contribution is -2.06. The predicted octanol–water partition coefficient (Wildman–Crippen LogP) is 4.49. The Hall–Kier alpha value is -3.66. The minimum Gasteiger partial charge on any atom is -0.319 e. The number of rotatable bonds is 5. The molecule has 28 heavy (non-hydrogen) atoms. The standard InChI is InChI=1S/C18H15N7O2S/c1-10-3-5-12-13(7-10)28-18(22-12)24-17-15(25(26)27)16(20-9-21-17)23-14-6-4-11(2)8-19-14/h3-9H,1-2H3,(H2,19,20,21,22,23,24). The van der Waals surface area contributed by atoms with Crippen LogP contribution in [0.4, 0.5) is 28.3 Å². The summed E-state index contributed by atoms with van der Waals surface area (Å²) in [5.74, 6) is 0.565. The number of hydrogen-bond acceptors (Lipinski definition) is 9. The molecular formula is C18H15N7O2S. The van der Waals surface area contributed by atoms with E-state index >= 15 is 0 Å². The van der Waals surface area contributed by atoms with Crippen LogP contribution in [0.5, 0.6) is 0 Å². The first kappa shape index (κ1) is 17.7. The van der Waals surface area contributed by atoms with Gasteiger partial charge in [-0.15, -0.1) is 0 Å². The van der Waals surface area contributed by atoms with Crippen LogP contribution in [0.1, 0.15) is 11.1 Å². The molecular weight excluding hydrogens is 378 g/mol. The van der Waals surface area contributed by atoms with E-state index in [9.17, 15) is 10.1 Å². The molecule has 0 aliphatic rings. The number of nitrogens with zero attached hydrogens (tertiary/aromatic N) is 5. The first-order valence-electron chi connectivity index (χ1n) is 8.33.